The second kappa shape index (κ2) is 23.1. The summed E-state index contributed by atoms with van der Waals surface area (Å²) < 4.78 is 0. The van der Waals surface area contributed by atoms with Crippen LogP contribution >= 0.6 is 36.1 Å². The van der Waals surface area contributed by atoms with Gasteiger partial charge in [-0.15, -0.1) is 0 Å². The van der Waals surface area contributed by atoms with E-state index in [0.29, 0.717) is 12.9 Å². The molecular formula is C12H32Cl2CoP2+2. The van der Waals surface area contributed by atoms with Crippen LogP contribution in [0, 0.1) is 0 Å². The first kappa shape index (κ1) is 24.0. The van der Waals surface area contributed by atoms with Gasteiger partial charge in [-0.05, 0) is 57.4 Å². The molecule has 0 N–H and O–H groups in total. The van der Waals surface area contributed by atoms with Gasteiger partial charge in [0.1, 0.15) is 0 Å². The van der Waals surface area contributed by atoms with Crippen LogP contribution in [0.5, 0.6) is 0 Å². The van der Waals surface area contributed by atoms with Crippen molar-refractivity contribution >= 4 is 36.1 Å². The zero-order valence-corrected chi connectivity index (χ0v) is 16.9. The molecule has 0 bridgehead atoms. The number of hydrogen-bond donors (Lipinski definition) is 0. The predicted octanol–water partition coefficient (Wildman–Crippen LogP) is 5.90. The first-order valence-corrected chi connectivity index (χ1v) is 13.7. The van der Waals surface area contributed by atoms with Crippen molar-refractivity contribution in [2.24, 2.45) is 0 Å². The maximum absolute atomic E-state index is 4.73. The molecule has 111 valence electrons. The summed E-state index contributed by atoms with van der Waals surface area (Å²) >= 11 is 0.382. The third-order valence-corrected chi connectivity index (χ3v) is 9.00. The van der Waals surface area contributed by atoms with E-state index in [4.69, 9.17) is 20.3 Å². The van der Waals surface area contributed by atoms with Crippen molar-refractivity contribution < 1.29 is 12.9 Å². The van der Waals surface area contributed by atoms with E-state index in [9.17, 15) is 0 Å². The standard InChI is InChI=1S/2C6H15P.2ClH.Co/c2*1-4-7(5-2)6-3;;;/h2*4-6H2,1-3H3;2*1H;/q;;;;+2. The number of rotatable bonds is 6. The number of hydrogen-bond acceptors (Lipinski definition) is 0. The minimum absolute atomic E-state index is 0.137. The Balaban J connectivity index is -0.000000188. The van der Waals surface area contributed by atoms with Crippen LogP contribution in [0.15, 0.2) is 0 Å². The van der Waals surface area contributed by atoms with E-state index in [0.717, 1.165) is 0 Å². The van der Waals surface area contributed by atoms with Gasteiger partial charge in [0.15, 0.2) is 0 Å². The van der Waals surface area contributed by atoms with Gasteiger partial charge in [0.05, 0.1) is 37.0 Å². The van der Waals surface area contributed by atoms with E-state index in [1.54, 1.807) is 0 Å². The molecule has 0 saturated heterocycles. The summed E-state index contributed by atoms with van der Waals surface area (Å²) in [6, 6.07) is 0. The van der Waals surface area contributed by atoms with Crippen LogP contribution in [0.1, 0.15) is 41.5 Å². The Hall–Kier alpha value is 1.95. The molecule has 17 heavy (non-hydrogen) atoms. The molecule has 0 heterocycles. The zero-order valence-electron chi connectivity index (χ0n) is 12.3. The monoisotopic (exact) mass is 367 g/mol. The molecule has 0 fully saturated rings. The van der Waals surface area contributed by atoms with Gasteiger partial charge in [-0.2, -0.15) is 0 Å². The van der Waals surface area contributed by atoms with Gasteiger partial charge in [0.2, 0.25) is 0 Å². The summed E-state index contributed by atoms with van der Waals surface area (Å²) in [5.74, 6) is 0. The topological polar surface area (TPSA) is 0 Å². The second-order valence-electron chi connectivity index (χ2n) is 3.67. The Morgan fingerprint density at radius 2 is 0.706 bits per heavy atom. The Morgan fingerprint density at radius 1 is 0.588 bits per heavy atom. The zero-order chi connectivity index (χ0) is 14.1. The van der Waals surface area contributed by atoms with Gasteiger partial charge < -0.3 is 0 Å². The summed E-state index contributed by atoms with van der Waals surface area (Å²) in [6.45, 7) is 13.8. The van der Waals surface area contributed by atoms with Gasteiger partial charge >= 0.3 is 33.2 Å². The fourth-order valence-corrected chi connectivity index (χ4v) is 4.50. The maximum atomic E-state index is 4.73. The van der Waals surface area contributed by atoms with Crippen LogP contribution in [-0.2, 0) is 12.9 Å². The fourth-order valence-electron chi connectivity index (χ4n) is 1.50. The van der Waals surface area contributed by atoms with Crippen molar-refractivity contribution in [3.63, 3.8) is 0 Å². The molecule has 0 saturated carbocycles. The van der Waals surface area contributed by atoms with Gasteiger partial charge in [-0.3, -0.25) is 0 Å². The van der Waals surface area contributed by atoms with Gasteiger partial charge in [-0.25, -0.2) is 0 Å². The molecule has 5 heteroatoms. The summed E-state index contributed by atoms with van der Waals surface area (Å²) in [4.78, 5) is 0. The quantitative estimate of drug-likeness (QED) is 0.513. The van der Waals surface area contributed by atoms with Gasteiger partial charge in [-0.1, -0.05) is 0 Å². The Kier molecular flexibility index (Phi) is 32.6. The van der Waals surface area contributed by atoms with Crippen molar-refractivity contribution in [3.05, 3.63) is 0 Å². The Labute approximate surface area is 127 Å². The molecule has 0 radical (unpaired) electrons. The first-order chi connectivity index (χ1) is 8.11. The van der Waals surface area contributed by atoms with E-state index in [2.05, 4.69) is 41.5 Å². The normalized spacial score (nSPS) is 9.76. The molecular weight excluding hydrogens is 336 g/mol. The molecule has 0 aliphatic heterocycles. The van der Waals surface area contributed by atoms with Crippen molar-refractivity contribution in [1.82, 2.24) is 0 Å². The molecule has 0 atom stereocenters. The predicted molar refractivity (Wildman–Crippen MR) is 91.6 cm³/mol. The molecule has 0 aliphatic carbocycles. The summed E-state index contributed by atoms with van der Waals surface area (Å²) in [5, 5.41) is 0. The van der Waals surface area contributed by atoms with E-state index >= 15 is 0 Å². The SMILES string of the molecule is CC[PH+](CC)CC.CC[PH+](CC)CC.[Cl][Co][Cl]. The van der Waals surface area contributed by atoms with Gasteiger partial charge in [0.25, 0.3) is 0 Å². The van der Waals surface area contributed by atoms with E-state index in [1.807, 2.05) is 0 Å². The summed E-state index contributed by atoms with van der Waals surface area (Å²) in [5.41, 5.74) is 0. The molecule has 0 unspecified atom stereocenters. The molecule has 0 aromatic carbocycles. The average molecular weight is 368 g/mol. The van der Waals surface area contributed by atoms with Crippen LogP contribution < -0.4 is 0 Å². The van der Waals surface area contributed by atoms with Crippen LogP contribution in [0.2, 0.25) is 0 Å². The molecule has 0 amide bonds. The molecule has 0 aromatic heterocycles. The first-order valence-electron chi connectivity index (χ1n) is 6.62. The molecule has 0 rings (SSSR count). The summed E-state index contributed by atoms with van der Waals surface area (Å²) in [7, 11) is 9.74. The van der Waals surface area contributed by atoms with E-state index in [1.165, 1.54) is 37.0 Å². The van der Waals surface area contributed by atoms with E-state index in [-0.39, 0.29) is 15.8 Å². The molecule has 0 spiro atoms. The molecule has 0 aliphatic rings. The van der Waals surface area contributed by atoms with Crippen LogP contribution in [0.25, 0.3) is 0 Å². The minimum atomic E-state index is 0.137. The third-order valence-electron chi connectivity index (χ3n) is 3.00. The molecule has 0 aromatic rings. The van der Waals surface area contributed by atoms with Gasteiger partial charge in [0, 0.05) is 0 Å². The third kappa shape index (κ3) is 23.5. The van der Waals surface area contributed by atoms with Crippen LogP contribution in [0.4, 0.5) is 0 Å². The van der Waals surface area contributed by atoms with Crippen LogP contribution in [-0.4, -0.2) is 37.0 Å². The van der Waals surface area contributed by atoms with Crippen molar-refractivity contribution in [2.75, 3.05) is 37.0 Å². The molecule has 0 nitrogen and oxygen atoms in total. The Morgan fingerprint density at radius 3 is 0.706 bits per heavy atom. The Bertz CT molecular complexity index is 87.7. The number of halogens is 2. The fraction of sp³-hybridized carbons (Fsp3) is 1.00. The van der Waals surface area contributed by atoms with Crippen molar-refractivity contribution in [1.29, 1.82) is 0 Å². The summed E-state index contributed by atoms with van der Waals surface area (Å²) in [6.07, 6.45) is 8.74. The van der Waals surface area contributed by atoms with E-state index < -0.39 is 0 Å². The van der Waals surface area contributed by atoms with Crippen LogP contribution in [0.3, 0.4) is 0 Å². The van der Waals surface area contributed by atoms with Crippen molar-refractivity contribution in [3.8, 4) is 0 Å². The second-order valence-corrected chi connectivity index (χ2v) is 12.6. The average Bonchev–Trinajstić information content (AvgIpc) is 2.35. The van der Waals surface area contributed by atoms with Crippen molar-refractivity contribution in [2.45, 2.75) is 41.5 Å².